The van der Waals surface area contributed by atoms with Crippen LogP contribution in [0.25, 0.3) is 0 Å². The number of hydrogen-bond donors (Lipinski definition) is 1. The van der Waals surface area contributed by atoms with Crippen LogP contribution in [0.15, 0.2) is 24.3 Å². The third-order valence-electron chi connectivity index (χ3n) is 4.39. The lowest BCUT2D eigenvalue weighted by molar-refractivity contribution is -0.121. The van der Waals surface area contributed by atoms with Gasteiger partial charge in [-0.05, 0) is 31.3 Å². The third-order valence-corrected chi connectivity index (χ3v) is 4.39. The fraction of sp³-hybridized carbons (Fsp3) is 0.556. The number of amides is 2. The number of likely N-dealkylation sites (N-methyl/N-ethyl adjacent to an activating group) is 1. The van der Waals surface area contributed by atoms with Gasteiger partial charge in [0, 0.05) is 64.0 Å². The van der Waals surface area contributed by atoms with Crippen LogP contribution < -0.4 is 15.1 Å². The van der Waals surface area contributed by atoms with Gasteiger partial charge in [-0.3, -0.25) is 9.59 Å². The molecule has 1 aromatic carbocycles. The van der Waals surface area contributed by atoms with Gasteiger partial charge in [0.05, 0.1) is 0 Å². The number of nitrogens with one attached hydrogen (secondary N) is 1. The van der Waals surface area contributed by atoms with Gasteiger partial charge in [-0.15, -0.1) is 0 Å². The number of rotatable bonds is 6. The van der Waals surface area contributed by atoms with E-state index in [9.17, 15) is 9.59 Å². The molecule has 6 heteroatoms. The summed E-state index contributed by atoms with van der Waals surface area (Å²) >= 11 is 0. The lowest BCUT2D eigenvalue weighted by atomic mass is 10.2. The summed E-state index contributed by atoms with van der Waals surface area (Å²) in [5, 5.41) is 2.81. The van der Waals surface area contributed by atoms with Gasteiger partial charge in [-0.1, -0.05) is 6.92 Å². The number of benzene rings is 1. The van der Waals surface area contributed by atoms with E-state index < -0.39 is 0 Å². The molecule has 1 N–H and O–H groups in total. The molecule has 132 valence electrons. The van der Waals surface area contributed by atoms with E-state index in [0.29, 0.717) is 19.5 Å². The summed E-state index contributed by atoms with van der Waals surface area (Å²) in [4.78, 5) is 29.6. The number of carbonyl (C=O) groups excluding carboxylic acids is 2. The summed E-state index contributed by atoms with van der Waals surface area (Å²) in [5.41, 5.74) is 2.06. The van der Waals surface area contributed by atoms with E-state index >= 15 is 0 Å². The zero-order chi connectivity index (χ0) is 17.5. The molecule has 2 amide bonds. The summed E-state index contributed by atoms with van der Waals surface area (Å²) in [6.45, 7) is 8.49. The third kappa shape index (κ3) is 4.96. The van der Waals surface area contributed by atoms with E-state index in [-0.39, 0.29) is 11.8 Å². The molecule has 1 aliphatic rings. The van der Waals surface area contributed by atoms with Crippen LogP contribution in [-0.2, 0) is 9.59 Å². The Morgan fingerprint density at radius 2 is 1.75 bits per heavy atom. The summed E-state index contributed by atoms with van der Waals surface area (Å²) in [5.74, 6) is -0.0167. The highest BCUT2D eigenvalue weighted by molar-refractivity contribution is 5.91. The van der Waals surface area contributed by atoms with Crippen molar-refractivity contribution < 1.29 is 9.59 Å². The molecule has 0 spiro atoms. The Labute approximate surface area is 144 Å². The minimum Gasteiger partial charge on any atom is -0.369 e. The van der Waals surface area contributed by atoms with Crippen molar-refractivity contribution in [1.29, 1.82) is 0 Å². The Kier molecular flexibility index (Phi) is 6.61. The molecule has 0 unspecified atom stereocenters. The van der Waals surface area contributed by atoms with Gasteiger partial charge in [-0.2, -0.15) is 0 Å². The second-order valence-corrected chi connectivity index (χ2v) is 6.18. The second-order valence-electron chi connectivity index (χ2n) is 6.18. The first kappa shape index (κ1) is 18.3. The molecular weight excluding hydrogens is 304 g/mol. The quantitative estimate of drug-likeness (QED) is 0.854. The predicted molar refractivity (Wildman–Crippen MR) is 97.5 cm³/mol. The average Bonchev–Trinajstić information content (AvgIpc) is 2.59. The molecule has 0 atom stereocenters. The van der Waals surface area contributed by atoms with Crippen LogP contribution in [0, 0.1) is 0 Å². The number of anilines is 2. The normalized spacial score (nSPS) is 15.2. The van der Waals surface area contributed by atoms with Gasteiger partial charge < -0.3 is 20.0 Å². The van der Waals surface area contributed by atoms with Crippen LogP contribution >= 0.6 is 0 Å². The highest BCUT2D eigenvalue weighted by Gasteiger charge is 2.16. The van der Waals surface area contributed by atoms with Gasteiger partial charge in [0.1, 0.15) is 0 Å². The van der Waals surface area contributed by atoms with Crippen molar-refractivity contribution in [3.63, 3.8) is 0 Å². The fourth-order valence-electron chi connectivity index (χ4n) is 2.81. The topological polar surface area (TPSA) is 55.9 Å². The Bertz CT molecular complexity index is 551. The number of carbonyl (C=O) groups is 2. The molecule has 0 aromatic heterocycles. The summed E-state index contributed by atoms with van der Waals surface area (Å²) in [7, 11) is 2.14. The summed E-state index contributed by atoms with van der Waals surface area (Å²) in [6.07, 6.45) is 0.458. The van der Waals surface area contributed by atoms with E-state index in [4.69, 9.17) is 0 Å². The molecule has 0 aliphatic carbocycles. The number of piperazine rings is 1. The highest BCUT2D eigenvalue weighted by Crippen LogP contribution is 2.22. The lowest BCUT2D eigenvalue weighted by Gasteiger charge is -2.34. The molecule has 1 heterocycles. The van der Waals surface area contributed by atoms with Crippen molar-refractivity contribution in [3.05, 3.63) is 24.3 Å². The van der Waals surface area contributed by atoms with Crippen molar-refractivity contribution in [2.75, 3.05) is 56.1 Å². The van der Waals surface area contributed by atoms with Crippen molar-refractivity contribution in [1.82, 2.24) is 10.2 Å². The van der Waals surface area contributed by atoms with Gasteiger partial charge in [0.25, 0.3) is 0 Å². The van der Waals surface area contributed by atoms with Crippen molar-refractivity contribution in [3.8, 4) is 0 Å². The zero-order valence-electron chi connectivity index (χ0n) is 14.9. The molecule has 6 nitrogen and oxygen atoms in total. The van der Waals surface area contributed by atoms with E-state index in [0.717, 1.165) is 31.9 Å². The molecule has 1 aliphatic heterocycles. The Morgan fingerprint density at radius 3 is 2.29 bits per heavy atom. The maximum absolute atomic E-state index is 11.9. The molecule has 0 bridgehead atoms. The minimum absolute atomic E-state index is 0.00363. The maximum Gasteiger partial charge on any atom is 0.223 e. The van der Waals surface area contributed by atoms with Crippen LogP contribution in [-0.4, -0.2) is 63.0 Å². The molecule has 2 rings (SSSR count). The van der Waals surface area contributed by atoms with Gasteiger partial charge >= 0.3 is 0 Å². The number of hydrogen-bond acceptors (Lipinski definition) is 4. The first-order chi connectivity index (χ1) is 11.5. The van der Waals surface area contributed by atoms with E-state index in [1.807, 2.05) is 19.1 Å². The standard InChI is InChI=1S/C18H28N4O2/c1-4-18(24)19-9-10-22(15(2)23)17-7-5-16(6-8-17)21-13-11-20(3)12-14-21/h5-8H,4,9-14H2,1-3H3,(H,19,24). The molecule has 24 heavy (non-hydrogen) atoms. The van der Waals surface area contributed by atoms with Crippen LogP contribution in [0.1, 0.15) is 20.3 Å². The molecule has 1 saturated heterocycles. The van der Waals surface area contributed by atoms with Gasteiger partial charge in [-0.25, -0.2) is 0 Å². The van der Waals surface area contributed by atoms with E-state index in [1.54, 1.807) is 11.8 Å². The molecule has 1 fully saturated rings. The largest absolute Gasteiger partial charge is 0.369 e. The lowest BCUT2D eigenvalue weighted by Crippen LogP contribution is -2.44. The number of nitrogens with zero attached hydrogens (tertiary/aromatic N) is 3. The Balaban J connectivity index is 1.97. The highest BCUT2D eigenvalue weighted by atomic mass is 16.2. The second kappa shape index (κ2) is 8.68. The zero-order valence-corrected chi connectivity index (χ0v) is 14.9. The predicted octanol–water partition coefficient (Wildman–Crippen LogP) is 1.32. The first-order valence-electron chi connectivity index (χ1n) is 8.59. The van der Waals surface area contributed by atoms with Gasteiger partial charge in [0.2, 0.25) is 11.8 Å². The van der Waals surface area contributed by atoms with E-state index in [2.05, 4.69) is 34.3 Å². The summed E-state index contributed by atoms with van der Waals surface area (Å²) < 4.78 is 0. The molecular formula is C18H28N4O2. The van der Waals surface area contributed by atoms with E-state index in [1.165, 1.54) is 5.69 Å². The Morgan fingerprint density at radius 1 is 1.12 bits per heavy atom. The summed E-state index contributed by atoms with van der Waals surface area (Å²) in [6, 6.07) is 8.11. The van der Waals surface area contributed by atoms with Crippen molar-refractivity contribution in [2.45, 2.75) is 20.3 Å². The fourth-order valence-corrected chi connectivity index (χ4v) is 2.81. The molecule has 0 saturated carbocycles. The minimum atomic E-state index is -0.0203. The van der Waals surface area contributed by atoms with Crippen molar-refractivity contribution in [2.24, 2.45) is 0 Å². The Hall–Kier alpha value is -2.08. The monoisotopic (exact) mass is 332 g/mol. The average molecular weight is 332 g/mol. The maximum atomic E-state index is 11.9. The smallest absolute Gasteiger partial charge is 0.223 e. The van der Waals surface area contributed by atoms with Gasteiger partial charge in [0.15, 0.2) is 0 Å². The van der Waals surface area contributed by atoms with Crippen LogP contribution in [0.5, 0.6) is 0 Å². The van der Waals surface area contributed by atoms with Crippen molar-refractivity contribution >= 4 is 23.2 Å². The molecule has 0 radical (unpaired) electrons. The SMILES string of the molecule is CCC(=O)NCCN(C(C)=O)c1ccc(N2CCN(C)CC2)cc1. The van der Waals surface area contributed by atoms with Crippen LogP contribution in [0.4, 0.5) is 11.4 Å². The van der Waals surface area contributed by atoms with Crippen LogP contribution in [0.2, 0.25) is 0 Å². The first-order valence-corrected chi connectivity index (χ1v) is 8.59. The van der Waals surface area contributed by atoms with Crippen LogP contribution in [0.3, 0.4) is 0 Å². The molecule has 1 aromatic rings.